The summed E-state index contributed by atoms with van der Waals surface area (Å²) >= 11 is 0. The van der Waals surface area contributed by atoms with Crippen molar-refractivity contribution in [3.63, 3.8) is 0 Å². The molecule has 6 heteroatoms. The predicted molar refractivity (Wildman–Crippen MR) is 96.3 cm³/mol. The zero-order valence-electron chi connectivity index (χ0n) is 14.6. The molecule has 25 heavy (non-hydrogen) atoms. The molecule has 0 aliphatic carbocycles. The van der Waals surface area contributed by atoms with Crippen molar-refractivity contribution in [2.45, 2.75) is 13.8 Å². The topological polar surface area (TPSA) is 76.7 Å². The van der Waals surface area contributed by atoms with Crippen molar-refractivity contribution < 1.29 is 19.1 Å². The van der Waals surface area contributed by atoms with Gasteiger partial charge >= 0.3 is 0 Å². The van der Waals surface area contributed by atoms with Crippen molar-refractivity contribution in [2.75, 3.05) is 25.6 Å². The van der Waals surface area contributed by atoms with Crippen LogP contribution in [0.3, 0.4) is 0 Å². The molecule has 0 aliphatic rings. The number of benzene rings is 2. The van der Waals surface area contributed by atoms with Crippen molar-refractivity contribution in [2.24, 2.45) is 0 Å². The molecule has 2 aromatic carbocycles. The fourth-order valence-electron chi connectivity index (χ4n) is 2.27. The third kappa shape index (κ3) is 4.97. The Hall–Kier alpha value is -3.02. The van der Waals surface area contributed by atoms with Crippen LogP contribution in [0.5, 0.6) is 11.5 Å². The van der Waals surface area contributed by atoms with Crippen molar-refractivity contribution in [1.29, 1.82) is 0 Å². The quantitative estimate of drug-likeness (QED) is 0.811. The first kappa shape index (κ1) is 18.3. The molecule has 0 aliphatic heterocycles. The predicted octanol–water partition coefficient (Wildman–Crippen LogP) is 2.77. The van der Waals surface area contributed by atoms with Crippen molar-refractivity contribution in [1.82, 2.24) is 5.32 Å². The van der Waals surface area contributed by atoms with Crippen LogP contribution in [0.4, 0.5) is 5.69 Å². The summed E-state index contributed by atoms with van der Waals surface area (Å²) in [6.45, 7) is 4.10. The number of aryl methyl sites for hydroxylation is 1. The first-order chi connectivity index (χ1) is 12.0. The second-order valence-electron chi connectivity index (χ2n) is 5.40. The number of hydrogen-bond donors (Lipinski definition) is 2. The number of carbonyl (C=O) groups excluding carboxylic acids is 2. The summed E-state index contributed by atoms with van der Waals surface area (Å²) in [5.41, 5.74) is 1.88. The molecule has 0 atom stereocenters. The van der Waals surface area contributed by atoms with Gasteiger partial charge in [0.25, 0.3) is 11.8 Å². The molecule has 0 heterocycles. The van der Waals surface area contributed by atoms with Gasteiger partial charge in [0.1, 0.15) is 0 Å². The van der Waals surface area contributed by atoms with E-state index in [1.807, 2.05) is 26.0 Å². The maximum atomic E-state index is 12.2. The zero-order chi connectivity index (χ0) is 18.2. The summed E-state index contributed by atoms with van der Waals surface area (Å²) in [7, 11) is 1.55. The van der Waals surface area contributed by atoms with E-state index in [2.05, 4.69) is 10.6 Å². The Morgan fingerprint density at radius 2 is 1.84 bits per heavy atom. The third-order valence-electron chi connectivity index (χ3n) is 3.46. The minimum atomic E-state index is -0.362. The van der Waals surface area contributed by atoms with E-state index in [0.29, 0.717) is 29.3 Å². The second-order valence-corrected chi connectivity index (χ2v) is 5.40. The number of rotatable bonds is 7. The number of carbonyl (C=O) groups is 2. The van der Waals surface area contributed by atoms with Crippen LogP contribution in [0.1, 0.15) is 22.8 Å². The van der Waals surface area contributed by atoms with Gasteiger partial charge in [-0.2, -0.15) is 0 Å². The van der Waals surface area contributed by atoms with E-state index in [1.54, 1.807) is 37.4 Å². The fourth-order valence-corrected chi connectivity index (χ4v) is 2.27. The van der Waals surface area contributed by atoms with Crippen LogP contribution in [0.2, 0.25) is 0 Å². The number of hydrogen-bond acceptors (Lipinski definition) is 4. The molecule has 0 radical (unpaired) electrons. The molecule has 2 amide bonds. The van der Waals surface area contributed by atoms with Crippen LogP contribution in [-0.2, 0) is 4.79 Å². The normalized spacial score (nSPS) is 10.0. The van der Waals surface area contributed by atoms with E-state index in [9.17, 15) is 9.59 Å². The number of anilines is 1. The summed E-state index contributed by atoms with van der Waals surface area (Å²) in [6.07, 6.45) is 0. The Morgan fingerprint density at radius 3 is 2.56 bits per heavy atom. The van der Waals surface area contributed by atoms with Gasteiger partial charge in [0.15, 0.2) is 18.1 Å². The lowest BCUT2D eigenvalue weighted by Gasteiger charge is -2.13. The van der Waals surface area contributed by atoms with E-state index in [4.69, 9.17) is 9.47 Å². The lowest BCUT2D eigenvalue weighted by Crippen LogP contribution is -2.26. The number of amides is 2. The fraction of sp³-hybridized carbons (Fsp3) is 0.263. The zero-order valence-corrected chi connectivity index (χ0v) is 14.6. The molecule has 0 unspecified atom stereocenters. The smallest absolute Gasteiger partial charge is 0.262 e. The lowest BCUT2D eigenvalue weighted by molar-refractivity contribution is -0.118. The van der Waals surface area contributed by atoms with Crippen LogP contribution < -0.4 is 20.1 Å². The number of para-hydroxylation sites is 1. The van der Waals surface area contributed by atoms with E-state index >= 15 is 0 Å². The maximum absolute atomic E-state index is 12.2. The lowest BCUT2D eigenvalue weighted by atomic mass is 10.1. The first-order valence-electron chi connectivity index (χ1n) is 7.99. The molecular formula is C19H22N2O4. The summed E-state index contributed by atoms with van der Waals surface area (Å²) in [4.78, 5) is 24.2. The average Bonchev–Trinajstić information content (AvgIpc) is 2.61. The monoisotopic (exact) mass is 342 g/mol. The SMILES string of the molecule is CCNC(=O)c1ccccc1NC(=O)COc1ccc(C)cc1OC. The molecule has 0 fully saturated rings. The highest BCUT2D eigenvalue weighted by Crippen LogP contribution is 2.27. The van der Waals surface area contributed by atoms with Crippen LogP contribution >= 0.6 is 0 Å². The average molecular weight is 342 g/mol. The Labute approximate surface area is 147 Å². The van der Waals surface area contributed by atoms with Gasteiger partial charge < -0.3 is 20.1 Å². The van der Waals surface area contributed by atoms with E-state index in [-0.39, 0.29) is 18.4 Å². The Morgan fingerprint density at radius 1 is 1.08 bits per heavy atom. The first-order valence-corrected chi connectivity index (χ1v) is 7.99. The molecule has 132 valence electrons. The molecule has 0 saturated heterocycles. The van der Waals surface area contributed by atoms with Gasteiger partial charge in [-0.3, -0.25) is 9.59 Å². The molecule has 0 bridgehead atoms. The second kappa shape index (κ2) is 8.73. The van der Waals surface area contributed by atoms with Gasteiger partial charge in [0, 0.05) is 6.54 Å². The van der Waals surface area contributed by atoms with E-state index in [0.717, 1.165) is 5.56 Å². The minimum Gasteiger partial charge on any atom is -0.493 e. The van der Waals surface area contributed by atoms with Crippen LogP contribution in [0, 0.1) is 6.92 Å². The van der Waals surface area contributed by atoms with Gasteiger partial charge in [-0.15, -0.1) is 0 Å². The third-order valence-corrected chi connectivity index (χ3v) is 3.46. The molecular weight excluding hydrogens is 320 g/mol. The van der Waals surface area contributed by atoms with Gasteiger partial charge in [-0.25, -0.2) is 0 Å². The molecule has 0 saturated carbocycles. The van der Waals surface area contributed by atoms with Gasteiger partial charge in [-0.1, -0.05) is 18.2 Å². The molecule has 2 rings (SSSR count). The Bertz CT molecular complexity index is 759. The highest BCUT2D eigenvalue weighted by molar-refractivity contribution is 6.04. The Kier molecular flexibility index (Phi) is 6.39. The summed E-state index contributed by atoms with van der Waals surface area (Å²) in [5.74, 6) is 0.453. The minimum absolute atomic E-state index is 0.191. The maximum Gasteiger partial charge on any atom is 0.262 e. The largest absolute Gasteiger partial charge is 0.493 e. The standard InChI is InChI=1S/C19H22N2O4/c1-4-20-19(23)14-7-5-6-8-15(14)21-18(22)12-25-16-10-9-13(2)11-17(16)24-3/h5-11H,4,12H2,1-3H3,(H,20,23)(H,21,22). The molecule has 2 N–H and O–H groups in total. The van der Waals surface area contributed by atoms with Gasteiger partial charge in [-0.05, 0) is 43.7 Å². The highest BCUT2D eigenvalue weighted by Gasteiger charge is 2.13. The van der Waals surface area contributed by atoms with Crippen LogP contribution in [-0.4, -0.2) is 32.1 Å². The Balaban J connectivity index is 2.03. The van der Waals surface area contributed by atoms with E-state index in [1.165, 1.54) is 0 Å². The van der Waals surface area contributed by atoms with Crippen molar-refractivity contribution in [3.8, 4) is 11.5 Å². The van der Waals surface area contributed by atoms with Crippen LogP contribution in [0.15, 0.2) is 42.5 Å². The number of nitrogens with one attached hydrogen (secondary N) is 2. The molecule has 0 spiro atoms. The molecule has 6 nitrogen and oxygen atoms in total. The highest BCUT2D eigenvalue weighted by atomic mass is 16.5. The van der Waals surface area contributed by atoms with Crippen molar-refractivity contribution in [3.05, 3.63) is 53.6 Å². The summed E-state index contributed by atoms with van der Waals surface area (Å²) < 4.78 is 10.8. The molecule has 0 aromatic heterocycles. The van der Waals surface area contributed by atoms with Crippen molar-refractivity contribution >= 4 is 17.5 Å². The molecule has 2 aromatic rings. The van der Waals surface area contributed by atoms with Gasteiger partial charge in [0.05, 0.1) is 18.4 Å². The summed E-state index contributed by atoms with van der Waals surface area (Å²) in [5, 5.41) is 5.42. The van der Waals surface area contributed by atoms with E-state index < -0.39 is 0 Å². The number of ether oxygens (including phenoxy) is 2. The number of methoxy groups -OCH3 is 1. The van der Waals surface area contributed by atoms with Gasteiger partial charge in [0.2, 0.25) is 0 Å². The summed E-state index contributed by atoms with van der Waals surface area (Å²) in [6, 6.07) is 12.3. The van der Waals surface area contributed by atoms with Crippen LogP contribution in [0.25, 0.3) is 0 Å².